The standard InChI is InChI=1S/C11H24N2O3/c1-5-15-9(16-6-2)7-13-11(14)10(12)8(3)4/h8-10H,5-7,12H2,1-4H3,(H,13,14)/t10-/m1/s1. The van der Waals surface area contributed by atoms with Crippen LogP contribution < -0.4 is 11.1 Å². The van der Waals surface area contributed by atoms with Gasteiger partial charge in [-0.05, 0) is 19.8 Å². The third-order valence-electron chi connectivity index (χ3n) is 2.17. The lowest BCUT2D eigenvalue weighted by molar-refractivity contribution is -0.141. The topological polar surface area (TPSA) is 73.6 Å². The maximum absolute atomic E-state index is 11.6. The first-order valence-electron chi connectivity index (χ1n) is 5.79. The van der Waals surface area contributed by atoms with Crippen molar-refractivity contribution < 1.29 is 14.3 Å². The van der Waals surface area contributed by atoms with Crippen LogP contribution in [0, 0.1) is 5.92 Å². The Kier molecular flexibility index (Phi) is 8.15. The monoisotopic (exact) mass is 232 g/mol. The average molecular weight is 232 g/mol. The molecule has 5 nitrogen and oxygen atoms in total. The van der Waals surface area contributed by atoms with Gasteiger partial charge in [-0.2, -0.15) is 0 Å². The SMILES string of the molecule is CCOC(CNC(=O)[C@H](N)C(C)C)OCC. The molecule has 0 aromatic rings. The summed E-state index contributed by atoms with van der Waals surface area (Å²) < 4.78 is 10.6. The highest BCUT2D eigenvalue weighted by atomic mass is 16.7. The van der Waals surface area contributed by atoms with Crippen molar-refractivity contribution in [3.05, 3.63) is 0 Å². The lowest BCUT2D eigenvalue weighted by Crippen LogP contribution is -2.46. The van der Waals surface area contributed by atoms with Crippen LogP contribution in [0.4, 0.5) is 0 Å². The van der Waals surface area contributed by atoms with E-state index >= 15 is 0 Å². The number of amides is 1. The highest BCUT2D eigenvalue weighted by Crippen LogP contribution is 1.99. The van der Waals surface area contributed by atoms with Gasteiger partial charge in [-0.25, -0.2) is 0 Å². The molecule has 0 heterocycles. The van der Waals surface area contributed by atoms with Crippen LogP contribution in [0.25, 0.3) is 0 Å². The van der Waals surface area contributed by atoms with E-state index < -0.39 is 12.3 Å². The Balaban J connectivity index is 3.94. The predicted octanol–water partition coefficient (Wildman–Crippen LogP) is 0.485. The number of ether oxygens (including phenoxy) is 2. The minimum absolute atomic E-state index is 0.123. The third kappa shape index (κ3) is 6.05. The molecular formula is C11H24N2O3. The molecule has 0 aromatic heterocycles. The minimum atomic E-state index is -0.482. The Morgan fingerprint density at radius 3 is 2.12 bits per heavy atom. The van der Waals surface area contributed by atoms with E-state index in [2.05, 4.69) is 5.32 Å². The van der Waals surface area contributed by atoms with Gasteiger partial charge in [0, 0.05) is 13.2 Å². The maximum atomic E-state index is 11.6. The second kappa shape index (κ2) is 8.50. The van der Waals surface area contributed by atoms with Crippen LogP contribution >= 0.6 is 0 Å². The molecule has 0 bridgehead atoms. The molecular weight excluding hydrogens is 208 g/mol. The van der Waals surface area contributed by atoms with Crippen LogP contribution in [0.3, 0.4) is 0 Å². The van der Waals surface area contributed by atoms with Gasteiger partial charge in [-0.3, -0.25) is 4.79 Å². The van der Waals surface area contributed by atoms with E-state index in [4.69, 9.17) is 15.2 Å². The van der Waals surface area contributed by atoms with Gasteiger partial charge in [0.25, 0.3) is 0 Å². The molecule has 0 spiro atoms. The van der Waals surface area contributed by atoms with Crippen LogP contribution in [0.2, 0.25) is 0 Å². The molecule has 0 unspecified atom stereocenters. The molecule has 0 saturated heterocycles. The molecule has 96 valence electrons. The number of carbonyl (C=O) groups is 1. The molecule has 0 aliphatic rings. The molecule has 1 atom stereocenters. The molecule has 0 aliphatic heterocycles. The summed E-state index contributed by atoms with van der Waals surface area (Å²) in [5.74, 6) is -0.0444. The summed E-state index contributed by atoms with van der Waals surface area (Å²) in [6.45, 7) is 9.02. The normalized spacial score (nSPS) is 13.2. The highest BCUT2D eigenvalue weighted by molar-refractivity contribution is 5.81. The molecule has 0 saturated carbocycles. The molecule has 16 heavy (non-hydrogen) atoms. The van der Waals surface area contributed by atoms with Crippen molar-refractivity contribution in [2.75, 3.05) is 19.8 Å². The number of carbonyl (C=O) groups excluding carboxylic acids is 1. The van der Waals surface area contributed by atoms with Gasteiger partial charge < -0.3 is 20.5 Å². The summed E-state index contributed by atoms with van der Waals surface area (Å²) in [5, 5.41) is 2.72. The van der Waals surface area contributed by atoms with E-state index in [1.165, 1.54) is 0 Å². The Morgan fingerprint density at radius 2 is 1.75 bits per heavy atom. The fourth-order valence-electron chi connectivity index (χ4n) is 1.14. The van der Waals surface area contributed by atoms with E-state index in [9.17, 15) is 4.79 Å². The summed E-state index contributed by atoms with van der Waals surface area (Å²) in [5.41, 5.74) is 5.70. The zero-order chi connectivity index (χ0) is 12.6. The Labute approximate surface area is 97.7 Å². The quantitative estimate of drug-likeness (QED) is 0.597. The van der Waals surface area contributed by atoms with Gasteiger partial charge in [-0.15, -0.1) is 0 Å². The zero-order valence-electron chi connectivity index (χ0n) is 10.7. The largest absolute Gasteiger partial charge is 0.351 e. The number of nitrogens with one attached hydrogen (secondary N) is 1. The van der Waals surface area contributed by atoms with Crippen LogP contribution in [-0.2, 0) is 14.3 Å². The maximum Gasteiger partial charge on any atom is 0.237 e. The highest BCUT2D eigenvalue weighted by Gasteiger charge is 2.18. The third-order valence-corrected chi connectivity index (χ3v) is 2.17. The molecule has 3 N–H and O–H groups in total. The molecule has 0 aliphatic carbocycles. The smallest absolute Gasteiger partial charge is 0.237 e. The second-order valence-corrected chi connectivity index (χ2v) is 3.86. The lowest BCUT2D eigenvalue weighted by atomic mass is 10.1. The second-order valence-electron chi connectivity index (χ2n) is 3.86. The Bertz CT molecular complexity index is 192. The fourth-order valence-corrected chi connectivity index (χ4v) is 1.14. The summed E-state index contributed by atoms with van der Waals surface area (Å²) in [6.07, 6.45) is -0.390. The van der Waals surface area contributed by atoms with Crippen molar-refractivity contribution >= 4 is 5.91 Å². The number of nitrogens with two attached hydrogens (primary N) is 1. The van der Waals surface area contributed by atoms with Crippen LogP contribution in [0.1, 0.15) is 27.7 Å². The minimum Gasteiger partial charge on any atom is -0.351 e. The van der Waals surface area contributed by atoms with Crippen LogP contribution in [0.15, 0.2) is 0 Å². The van der Waals surface area contributed by atoms with Crippen molar-refractivity contribution in [1.82, 2.24) is 5.32 Å². The van der Waals surface area contributed by atoms with E-state index in [1.807, 2.05) is 27.7 Å². The molecule has 1 amide bonds. The van der Waals surface area contributed by atoms with Crippen molar-refractivity contribution in [2.45, 2.75) is 40.0 Å². The number of hydrogen-bond acceptors (Lipinski definition) is 4. The molecule has 0 fully saturated rings. The molecule has 0 aromatic carbocycles. The molecule has 5 heteroatoms. The number of hydrogen-bond donors (Lipinski definition) is 2. The molecule has 0 radical (unpaired) electrons. The summed E-state index contributed by atoms with van der Waals surface area (Å²) >= 11 is 0. The predicted molar refractivity (Wildman–Crippen MR) is 62.9 cm³/mol. The number of rotatable bonds is 8. The summed E-state index contributed by atoms with van der Waals surface area (Å²) in [7, 11) is 0. The van der Waals surface area contributed by atoms with Gasteiger partial charge in [0.05, 0.1) is 12.6 Å². The van der Waals surface area contributed by atoms with E-state index in [-0.39, 0.29) is 11.8 Å². The van der Waals surface area contributed by atoms with Gasteiger partial charge in [0.1, 0.15) is 0 Å². The van der Waals surface area contributed by atoms with Crippen LogP contribution in [0.5, 0.6) is 0 Å². The summed E-state index contributed by atoms with van der Waals surface area (Å²) in [4.78, 5) is 11.6. The van der Waals surface area contributed by atoms with Crippen molar-refractivity contribution in [2.24, 2.45) is 11.7 Å². The van der Waals surface area contributed by atoms with Crippen molar-refractivity contribution in [3.63, 3.8) is 0 Å². The van der Waals surface area contributed by atoms with Crippen molar-refractivity contribution in [3.8, 4) is 0 Å². The first-order valence-corrected chi connectivity index (χ1v) is 5.79. The van der Waals surface area contributed by atoms with E-state index in [0.717, 1.165) is 0 Å². The van der Waals surface area contributed by atoms with Gasteiger partial charge in [-0.1, -0.05) is 13.8 Å². The lowest BCUT2D eigenvalue weighted by Gasteiger charge is -2.20. The fraction of sp³-hybridized carbons (Fsp3) is 0.909. The molecule has 0 rings (SSSR count). The van der Waals surface area contributed by atoms with Gasteiger partial charge in [0.15, 0.2) is 6.29 Å². The Hall–Kier alpha value is -0.650. The zero-order valence-corrected chi connectivity index (χ0v) is 10.7. The van der Waals surface area contributed by atoms with E-state index in [0.29, 0.717) is 19.8 Å². The van der Waals surface area contributed by atoms with E-state index in [1.54, 1.807) is 0 Å². The first kappa shape index (κ1) is 15.3. The van der Waals surface area contributed by atoms with Crippen LogP contribution in [-0.4, -0.2) is 38.0 Å². The Morgan fingerprint density at radius 1 is 1.25 bits per heavy atom. The van der Waals surface area contributed by atoms with Gasteiger partial charge >= 0.3 is 0 Å². The van der Waals surface area contributed by atoms with Gasteiger partial charge in [0.2, 0.25) is 5.91 Å². The summed E-state index contributed by atoms with van der Waals surface area (Å²) in [6, 6.07) is -0.482. The first-order chi connectivity index (χ1) is 7.52. The van der Waals surface area contributed by atoms with Crippen molar-refractivity contribution in [1.29, 1.82) is 0 Å². The average Bonchev–Trinajstić information content (AvgIpc) is 2.24.